The Morgan fingerprint density at radius 3 is 2.47 bits per heavy atom. The van der Waals surface area contributed by atoms with Crippen LogP contribution in [0.25, 0.3) is 0 Å². The van der Waals surface area contributed by atoms with E-state index in [1.807, 2.05) is 4.68 Å². The van der Waals surface area contributed by atoms with E-state index in [0.717, 1.165) is 18.7 Å². The number of aromatic nitrogens is 3. The van der Waals surface area contributed by atoms with Crippen molar-refractivity contribution in [1.29, 1.82) is 0 Å². The SMILES string of the molecule is C[C-](C)CCCn1cc(C(C)(C)C)nn1. The molecule has 0 N–H and O–H groups in total. The lowest BCUT2D eigenvalue weighted by molar-refractivity contribution is 0.545. The van der Waals surface area contributed by atoms with Crippen molar-refractivity contribution in [2.24, 2.45) is 0 Å². The zero-order chi connectivity index (χ0) is 11.5. The largest absolute Gasteiger partial charge is 0.320 e. The molecule has 0 saturated carbocycles. The molecule has 3 heteroatoms. The fraction of sp³-hybridized carbons (Fsp3) is 0.750. The second-order valence-corrected chi connectivity index (χ2v) is 5.43. The van der Waals surface area contributed by atoms with Crippen LogP contribution in [0, 0.1) is 5.92 Å². The van der Waals surface area contributed by atoms with Gasteiger partial charge in [-0.3, -0.25) is 4.68 Å². The predicted molar refractivity (Wildman–Crippen MR) is 62.5 cm³/mol. The maximum atomic E-state index is 4.19. The van der Waals surface area contributed by atoms with Gasteiger partial charge < -0.3 is 5.92 Å². The van der Waals surface area contributed by atoms with E-state index in [1.165, 1.54) is 12.3 Å². The van der Waals surface area contributed by atoms with E-state index in [4.69, 9.17) is 0 Å². The van der Waals surface area contributed by atoms with E-state index in [0.29, 0.717) is 0 Å². The highest BCUT2D eigenvalue weighted by Gasteiger charge is 2.17. The van der Waals surface area contributed by atoms with Gasteiger partial charge in [0.25, 0.3) is 0 Å². The number of aryl methyl sites for hydroxylation is 1. The normalized spacial score (nSPS) is 12.4. The molecule has 3 nitrogen and oxygen atoms in total. The first-order valence-corrected chi connectivity index (χ1v) is 5.59. The van der Waals surface area contributed by atoms with Gasteiger partial charge in [0, 0.05) is 18.2 Å². The zero-order valence-corrected chi connectivity index (χ0v) is 10.5. The van der Waals surface area contributed by atoms with E-state index in [-0.39, 0.29) is 5.41 Å². The second kappa shape index (κ2) is 4.77. The highest BCUT2D eigenvalue weighted by Crippen LogP contribution is 2.18. The van der Waals surface area contributed by atoms with Gasteiger partial charge in [0.2, 0.25) is 0 Å². The van der Waals surface area contributed by atoms with Crippen LogP contribution in [0.3, 0.4) is 0 Å². The Kier molecular flexibility index (Phi) is 3.89. The molecular formula is C12H22N3-. The Balaban J connectivity index is 2.47. The molecule has 0 fully saturated rings. The van der Waals surface area contributed by atoms with Gasteiger partial charge in [0.1, 0.15) is 0 Å². The molecule has 1 aromatic heterocycles. The summed E-state index contributed by atoms with van der Waals surface area (Å²) in [6.45, 7) is 11.8. The van der Waals surface area contributed by atoms with E-state index in [1.54, 1.807) is 0 Å². The minimum Gasteiger partial charge on any atom is -0.320 e. The summed E-state index contributed by atoms with van der Waals surface area (Å²) < 4.78 is 1.95. The van der Waals surface area contributed by atoms with Crippen molar-refractivity contribution in [2.75, 3.05) is 0 Å². The average Bonchev–Trinajstić information content (AvgIpc) is 2.51. The van der Waals surface area contributed by atoms with Crippen LogP contribution in [-0.2, 0) is 12.0 Å². The van der Waals surface area contributed by atoms with Crippen molar-refractivity contribution >= 4 is 0 Å². The number of hydrogen-bond donors (Lipinski definition) is 0. The van der Waals surface area contributed by atoms with E-state index in [9.17, 15) is 0 Å². The first-order chi connectivity index (χ1) is 6.89. The summed E-state index contributed by atoms with van der Waals surface area (Å²) in [5, 5.41) is 8.33. The molecule has 0 atom stereocenters. The molecular weight excluding hydrogens is 186 g/mol. The molecule has 1 aromatic rings. The van der Waals surface area contributed by atoms with E-state index in [2.05, 4.69) is 51.1 Å². The van der Waals surface area contributed by atoms with E-state index < -0.39 is 0 Å². The first-order valence-electron chi connectivity index (χ1n) is 5.59. The van der Waals surface area contributed by atoms with Gasteiger partial charge in [-0.2, -0.15) is 20.3 Å². The maximum Gasteiger partial charge on any atom is 0.0880 e. The molecule has 0 saturated heterocycles. The summed E-state index contributed by atoms with van der Waals surface area (Å²) in [6.07, 6.45) is 4.38. The molecule has 0 aliphatic heterocycles. The monoisotopic (exact) mass is 208 g/mol. The summed E-state index contributed by atoms with van der Waals surface area (Å²) in [5.74, 6) is 1.48. The molecule has 0 aromatic carbocycles. The molecule has 0 bridgehead atoms. The Morgan fingerprint density at radius 1 is 1.33 bits per heavy atom. The van der Waals surface area contributed by atoms with E-state index >= 15 is 0 Å². The summed E-state index contributed by atoms with van der Waals surface area (Å²) in [7, 11) is 0. The summed E-state index contributed by atoms with van der Waals surface area (Å²) in [4.78, 5) is 0. The minimum atomic E-state index is 0.102. The number of nitrogens with zero attached hydrogens (tertiary/aromatic N) is 3. The molecule has 0 unspecified atom stereocenters. The third kappa shape index (κ3) is 4.02. The van der Waals surface area contributed by atoms with Gasteiger partial charge in [-0.25, -0.2) is 0 Å². The van der Waals surface area contributed by atoms with Gasteiger partial charge >= 0.3 is 0 Å². The molecule has 0 radical (unpaired) electrons. The lowest BCUT2D eigenvalue weighted by Crippen LogP contribution is -2.11. The number of hydrogen-bond acceptors (Lipinski definition) is 2. The van der Waals surface area contributed by atoms with Crippen molar-refractivity contribution < 1.29 is 0 Å². The molecule has 0 aliphatic rings. The third-order valence-electron chi connectivity index (χ3n) is 2.37. The van der Waals surface area contributed by atoms with Crippen LogP contribution >= 0.6 is 0 Å². The standard InChI is InChI=1S/C12H22N3/c1-10(2)7-6-8-15-9-11(13-14-15)12(3,4)5/h9H,6-8H2,1-5H3/q-1. The lowest BCUT2D eigenvalue weighted by atomic mass is 9.93. The topological polar surface area (TPSA) is 30.7 Å². The van der Waals surface area contributed by atoms with Crippen LogP contribution in [-0.4, -0.2) is 15.0 Å². The third-order valence-corrected chi connectivity index (χ3v) is 2.37. The lowest BCUT2D eigenvalue weighted by Gasteiger charge is -2.15. The van der Waals surface area contributed by atoms with Crippen molar-refractivity contribution in [2.45, 2.75) is 59.4 Å². The fourth-order valence-corrected chi connectivity index (χ4v) is 1.35. The molecule has 1 heterocycles. The zero-order valence-electron chi connectivity index (χ0n) is 10.5. The molecule has 0 amide bonds. The van der Waals surface area contributed by atoms with Gasteiger partial charge in [-0.05, 0) is 0 Å². The summed E-state index contributed by atoms with van der Waals surface area (Å²) >= 11 is 0. The quantitative estimate of drug-likeness (QED) is 0.712. The van der Waals surface area contributed by atoms with Crippen molar-refractivity contribution in [3.05, 3.63) is 17.8 Å². The van der Waals surface area contributed by atoms with Crippen LogP contribution in [0.1, 0.15) is 53.2 Å². The van der Waals surface area contributed by atoms with Gasteiger partial charge in [0.15, 0.2) is 0 Å². The smallest absolute Gasteiger partial charge is 0.0880 e. The molecule has 0 spiro atoms. The maximum absolute atomic E-state index is 4.19. The Labute approximate surface area is 92.9 Å². The second-order valence-electron chi connectivity index (χ2n) is 5.43. The Morgan fingerprint density at radius 2 is 2.00 bits per heavy atom. The predicted octanol–water partition coefficient (Wildman–Crippen LogP) is 2.97. The summed E-state index contributed by atoms with van der Waals surface area (Å²) in [5.41, 5.74) is 1.17. The molecule has 86 valence electrons. The Bertz CT molecular complexity index is 294. The first kappa shape index (κ1) is 12.2. The molecule has 15 heavy (non-hydrogen) atoms. The van der Waals surface area contributed by atoms with Crippen LogP contribution < -0.4 is 0 Å². The minimum absolute atomic E-state index is 0.102. The highest BCUT2D eigenvalue weighted by atomic mass is 15.4. The van der Waals surface area contributed by atoms with Crippen LogP contribution in [0.4, 0.5) is 0 Å². The van der Waals surface area contributed by atoms with Crippen molar-refractivity contribution in [3.63, 3.8) is 0 Å². The van der Waals surface area contributed by atoms with Crippen LogP contribution in [0.2, 0.25) is 0 Å². The average molecular weight is 208 g/mol. The van der Waals surface area contributed by atoms with Crippen molar-refractivity contribution in [1.82, 2.24) is 15.0 Å². The Hall–Kier alpha value is -0.860. The summed E-state index contributed by atoms with van der Waals surface area (Å²) in [6, 6.07) is 0. The van der Waals surface area contributed by atoms with Gasteiger partial charge in [-0.1, -0.05) is 32.4 Å². The molecule has 0 aliphatic carbocycles. The van der Waals surface area contributed by atoms with Crippen molar-refractivity contribution in [3.8, 4) is 0 Å². The number of rotatable bonds is 4. The molecule has 1 rings (SSSR count). The highest BCUT2D eigenvalue weighted by molar-refractivity contribution is 5.06. The van der Waals surface area contributed by atoms with Gasteiger partial charge in [0.05, 0.1) is 5.69 Å². The van der Waals surface area contributed by atoms with Crippen LogP contribution in [0.5, 0.6) is 0 Å². The van der Waals surface area contributed by atoms with Gasteiger partial charge in [-0.15, -0.1) is 5.10 Å². The van der Waals surface area contributed by atoms with Crippen LogP contribution in [0.15, 0.2) is 6.20 Å². The fourth-order valence-electron chi connectivity index (χ4n) is 1.35.